The van der Waals surface area contributed by atoms with Crippen LogP contribution in [0, 0.1) is 0 Å². The van der Waals surface area contributed by atoms with Crippen LogP contribution in [0.1, 0.15) is 13.3 Å². The zero-order valence-corrected chi connectivity index (χ0v) is 23.7. The van der Waals surface area contributed by atoms with Gasteiger partial charge >= 0.3 is 45.0 Å². The van der Waals surface area contributed by atoms with Gasteiger partial charge in [0.05, 0.1) is 6.54 Å². The maximum absolute atomic E-state index is 14.2. The molecule has 1 rings (SSSR count). The van der Waals surface area contributed by atoms with Gasteiger partial charge < -0.3 is 39.8 Å². The normalized spacial score (nSPS) is 17.8. The predicted octanol–water partition coefficient (Wildman–Crippen LogP) is 0.315. The van der Waals surface area contributed by atoms with Crippen molar-refractivity contribution >= 4 is 45.0 Å². The number of nitrogens with zero attached hydrogens (tertiary/aromatic N) is 3. The largest absolute Gasteiger partial charge is 0.802 e. The molecule has 0 N–H and O–H groups in total. The second kappa shape index (κ2) is 11.5. The fourth-order valence-electron chi connectivity index (χ4n) is 3.82. The molecule has 0 bridgehead atoms. The van der Waals surface area contributed by atoms with Gasteiger partial charge in [-0.25, -0.2) is 14.4 Å². The molecule has 0 radical (unpaired) electrons. The van der Waals surface area contributed by atoms with E-state index >= 15 is 0 Å². The van der Waals surface area contributed by atoms with Crippen LogP contribution in [0.25, 0.3) is 0 Å². The second-order valence-electron chi connectivity index (χ2n) is 6.46. The van der Waals surface area contributed by atoms with Gasteiger partial charge in [0.1, 0.15) is 0 Å². The number of imide groups is 3. The molecule has 0 aromatic heterocycles. The lowest BCUT2D eigenvalue weighted by Gasteiger charge is -2.50. The number of amides is 6. The van der Waals surface area contributed by atoms with Crippen molar-refractivity contribution in [1.29, 1.82) is 0 Å². The van der Waals surface area contributed by atoms with Crippen LogP contribution < -0.4 is 0 Å². The first-order valence-corrected chi connectivity index (χ1v) is 14.7. The Kier molecular flexibility index (Phi) is 10.4. The molecule has 192 valence electrons. The number of carbonyl (C=O) groups is 3. The van der Waals surface area contributed by atoms with E-state index in [1.54, 1.807) is 6.92 Å². The van der Waals surface area contributed by atoms with Crippen molar-refractivity contribution in [2.24, 2.45) is 0 Å². The maximum atomic E-state index is 14.2. The molecule has 1 aliphatic rings. The van der Waals surface area contributed by atoms with E-state index in [0.717, 1.165) is 0 Å². The van der Waals surface area contributed by atoms with E-state index in [-0.39, 0.29) is 13.0 Å². The summed E-state index contributed by atoms with van der Waals surface area (Å²) in [6, 6.07) is -3.30. The second-order valence-corrected chi connectivity index (χ2v) is 14.9. The SMILES string of the molecule is CCC[N+]1([Si](OC)(OC)OC)C(=O)N([Si](OC)(OC)OC)C(=O)N([Si](OC)(OC)OC)C1=O. The van der Waals surface area contributed by atoms with Crippen LogP contribution in [0.2, 0.25) is 0 Å². The van der Waals surface area contributed by atoms with Gasteiger partial charge in [0.25, 0.3) is 0 Å². The fourth-order valence-corrected chi connectivity index (χ4v) is 10.3. The number of carbonyl (C=O) groups excluding carboxylic acids is 3. The molecule has 1 fully saturated rings. The first-order valence-electron chi connectivity index (χ1n) is 9.66. The molecule has 6 amide bonds. The van der Waals surface area contributed by atoms with Gasteiger partial charge in [-0.1, -0.05) is 6.92 Å². The van der Waals surface area contributed by atoms with E-state index < -0.39 is 49.1 Å². The van der Waals surface area contributed by atoms with Gasteiger partial charge in [0, 0.05) is 64.0 Å². The Morgan fingerprint density at radius 3 is 1.12 bits per heavy atom. The zero-order valence-electron chi connectivity index (χ0n) is 20.7. The topological polar surface area (TPSA) is 141 Å². The highest BCUT2D eigenvalue weighted by Crippen LogP contribution is 2.38. The summed E-state index contributed by atoms with van der Waals surface area (Å²) in [6.45, 7) is 1.55. The van der Waals surface area contributed by atoms with Gasteiger partial charge in [-0.3, -0.25) is 0 Å². The van der Waals surface area contributed by atoms with Gasteiger partial charge in [-0.2, -0.15) is 9.13 Å². The van der Waals surface area contributed by atoms with Crippen molar-refractivity contribution < 1.29 is 58.4 Å². The molecule has 0 saturated carbocycles. The van der Waals surface area contributed by atoms with E-state index in [2.05, 4.69) is 0 Å². The number of quaternary nitrogens is 1. The summed E-state index contributed by atoms with van der Waals surface area (Å²) in [5, 5.41) is 0. The Hall–Kier alpha value is -1.14. The number of rotatable bonds is 14. The zero-order chi connectivity index (χ0) is 25.7. The Bertz CT molecular complexity index is 651. The minimum Gasteiger partial charge on any atom is -0.359 e. The first kappa shape index (κ1) is 29.9. The highest BCUT2D eigenvalue weighted by molar-refractivity contribution is 6.70. The summed E-state index contributed by atoms with van der Waals surface area (Å²) in [4.78, 5) is 42.1. The smallest absolute Gasteiger partial charge is 0.359 e. The van der Waals surface area contributed by atoms with E-state index in [1.807, 2.05) is 0 Å². The van der Waals surface area contributed by atoms with Gasteiger partial charge in [0.2, 0.25) is 0 Å². The Morgan fingerprint density at radius 2 is 0.909 bits per heavy atom. The van der Waals surface area contributed by atoms with Crippen molar-refractivity contribution in [1.82, 2.24) is 9.13 Å². The van der Waals surface area contributed by atoms with E-state index in [4.69, 9.17) is 39.8 Å². The standard InChI is InChI=1S/C15H34N3O12Si3/c1-11-12-18(33(28-8,29-9)30-10)14(20)16(31(22-2,23-3)24-4)13(19)17(15(18)21)32(25-5,26-6)27-7/h11-12H2,1-10H3/q+1. The number of hydrogen-bond donors (Lipinski definition) is 0. The Balaban J connectivity index is 4.20. The first-order chi connectivity index (χ1) is 15.6. The molecule has 15 nitrogen and oxygen atoms in total. The van der Waals surface area contributed by atoms with E-state index in [9.17, 15) is 14.4 Å². The van der Waals surface area contributed by atoms with Crippen molar-refractivity contribution in [3.05, 3.63) is 0 Å². The number of hydrogen-bond acceptors (Lipinski definition) is 12. The van der Waals surface area contributed by atoms with E-state index in [1.165, 1.54) is 64.0 Å². The molecule has 0 aromatic rings. The lowest BCUT2D eigenvalue weighted by atomic mass is 10.4. The molecule has 33 heavy (non-hydrogen) atoms. The molecule has 1 saturated heterocycles. The average Bonchev–Trinajstić information content (AvgIpc) is 2.84. The third kappa shape index (κ3) is 4.13. The van der Waals surface area contributed by atoms with Gasteiger partial charge in [-0.15, -0.1) is 4.15 Å². The Labute approximate surface area is 196 Å². The van der Waals surface area contributed by atoms with Crippen molar-refractivity contribution in [3.8, 4) is 0 Å². The third-order valence-electron chi connectivity index (χ3n) is 5.31. The van der Waals surface area contributed by atoms with Crippen LogP contribution in [0.5, 0.6) is 0 Å². The van der Waals surface area contributed by atoms with Crippen LogP contribution >= 0.6 is 0 Å². The van der Waals surface area contributed by atoms with Crippen LogP contribution in [-0.2, 0) is 39.8 Å². The summed E-state index contributed by atoms with van der Waals surface area (Å²) < 4.78 is 49.3. The summed E-state index contributed by atoms with van der Waals surface area (Å²) in [5.74, 6) is 0. The predicted molar refractivity (Wildman–Crippen MR) is 116 cm³/mol. The van der Waals surface area contributed by atoms with Crippen molar-refractivity contribution in [2.75, 3.05) is 70.5 Å². The minimum absolute atomic E-state index is 0.178. The van der Waals surface area contributed by atoms with Crippen molar-refractivity contribution in [3.63, 3.8) is 0 Å². The molecule has 0 aromatic carbocycles. The summed E-state index contributed by atoms with van der Waals surface area (Å²) in [5.41, 5.74) is 0. The molecule has 0 unspecified atom stereocenters. The minimum atomic E-state index is -4.25. The van der Waals surface area contributed by atoms with Crippen LogP contribution in [-0.4, -0.2) is 129 Å². The summed E-state index contributed by atoms with van der Waals surface area (Å²) in [7, 11) is -1.77. The number of urea groups is 3. The quantitative estimate of drug-likeness (QED) is 0.284. The lowest BCUT2D eigenvalue weighted by molar-refractivity contribution is -0.705. The highest BCUT2D eigenvalue weighted by Gasteiger charge is 2.82. The van der Waals surface area contributed by atoms with Crippen LogP contribution in [0.4, 0.5) is 14.4 Å². The van der Waals surface area contributed by atoms with Crippen LogP contribution in [0.3, 0.4) is 0 Å². The molecular formula is C15H34N3O12Si3+. The third-order valence-corrected chi connectivity index (χ3v) is 13.4. The molecule has 1 heterocycles. The molecule has 1 aliphatic heterocycles. The summed E-state index contributed by atoms with van der Waals surface area (Å²) in [6.07, 6.45) is 0.279. The molecule has 18 heteroatoms. The Morgan fingerprint density at radius 1 is 0.606 bits per heavy atom. The molecular weight excluding hydrogens is 498 g/mol. The highest BCUT2D eigenvalue weighted by atomic mass is 28.4. The van der Waals surface area contributed by atoms with E-state index in [0.29, 0.717) is 9.13 Å². The van der Waals surface area contributed by atoms with Gasteiger partial charge in [0.15, 0.2) is 0 Å². The molecule has 0 aliphatic carbocycles. The molecule has 0 atom stereocenters. The maximum Gasteiger partial charge on any atom is 0.802 e. The summed E-state index contributed by atoms with van der Waals surface area (Å²) >= 11 is 0. The van der Waals surface area contributed by atoms with Crippen molar-refractivity contribution in [2.45, 2.75) is 13.3 Å². The lowest BCUT2D eigenvalue weighted by Crippen LogP contribution is -2.90. The molecule has 0 spiro atoms. The monoisotopic (exact) mass is 532 g/mol. The van der Waals surface area contributed by atoms with Crippen LogP contribution in [0.15, 0.2) is 0 Å². The fraction of sp³-hybridized carbons (Fsp3) is 0.800. The average molecular weight is 533 g/mol. The van der Waals surface area contributed by atoms with Gasteiger partial charge in [-0.05, 0) is 6.42 Å².